The van der Waals surface area contributed by atoms with Crippen LogP contribution in [0.15, 0.2) is 72.0 Å². The molecule has 1 aliphatic rings. The molecular formula is C24H31IN6O. The summed E-state index contributed by atoms with van der Waals surface area (Å²) in [4.78, 5) is 13.8. The highest BCUT2D eigenvalue weighted by Gasteiger charge is 2.20. The number of hydrogen-bond acceptors (Lipinski definition) is 4. The summed E-state index contributed by atoms with van der Waals surface area (Å²) in [6, 6.07) is 18.7. The van der Waals surface area contributed by atoms with Crippen molar-refractivity contribution in [2.24, 2.45) is 4.99 Å². The monoisotopic (exact) mass is 546 g/mol. The smallest absolute Gasteiger partial charge is 0.194 e. The highest BCUT2D eigenvalue weighted by atomic mass is 127. The van der Waals surface area contributed by atoms with Crippen LogP contribution < -0.4 is 15.0 Å². The molecule has 4 rings (SSSR count). The van der Waals surface area contributed by atoms with Gasteiger partial charge in [-0.15, -0.1) is 24.0 Å². The van der Waals surface area contributed by atoms with Crippen LogP contribution in [0.4, 0.5) is 5.69 Å². The standard InChI is InChI=1S/C24H30N6O.HI/c1-25-24(27-18-23-26-12-13-30(23)19-20-6-4-3-5-7-20)29-16-14-28(15-17-29)21-8-10-22(31-2)11-9-21;/h3-13H,14-19H2,1-2H3,(H,25,27);1H. The van der Waals surface area contributed by atoms with Gasteiger partial charge in [-0.2, -0.15) is 0 Å². The fourth-order valence-electron chi connectivity index (χ4n) is 3.89. The second kappa shape index (κ2) is 11.8. The van der Waals surface area contributed by atoms with Crippen molar-refractivity contribution >= 4 is 35.6 Å². The number of benzene rings is 2. The first kappa shape index (κ1) is 23.9. The number of guanidine groups is 1. The number of rotatable bonds is 6. The number of nitrogens with one attached hydrogen (secondary N) is 1. The fourth-order valence-corrected chi connectivity index (χ4v) is 3.89. The minimum Gasteiger partial charge on any atom is -0.497 e. The zero-order chi connectivity index (χ0) is 21.5. The molecule has 1 aromatic heterocycles. The molecule has 1 fully saturated rings. The summed E-state index contributed by atoms with van der Waals surface area (Å²) < 4.78 is 7.44. The summed E-state index contributed by atoms with van der Waals surface area (Å²) in [7, 11) is 3.54. The summed E-state index contributed by atoms with van der Waals surface area (Å²) >= 11 is 0. The predicted octanol–water partition coefficient (Wildman–Crippen LogP) is 3.46. The van der Waals surface area contributed by atoms with Crippen molar-refractivity contribution in [3.8, 4) is 5.75 Å². The topological polar surface area (TPSA) is 57.9 Å². The van der Waals surface area contributed by atoms with Gasteiger partial charge in [0.2, 0.25) is 0 Å². The second-order valence-electron chi connectivity index (χ2n) is 7.53. The molecule has 0 saturated carbocycles. The molecule has 8 heteroatoms. The van der Waals surface area contributed by atoms with Crippen LogP contribution in [0.5, 0.6) is 5.75 Å². The van der Waals surface area contributed by atoms with Crippen LogP contribution >= 0.6 is 24.0 Å². The zero-order valence-corrected chi connectivity index (χ0v) is 21.0. The lowest BCUT2D eigenvalue weighted by atomic mass is 10.2. The van der Waals surface area contributed by atoms with Crippen molar-refractivity contribution in [2.45, 2.75) is 13.1 Å². The van der Waals surface area contributed by atoms with Crippen LogP contribution in [0.2, 0.25) is 0 Å². The molecule has 170 valence electrons. The van der Waals surface area contributed by atoms with Crippen LogP contribution in [0, 0.1) is 0 Å². The van der Waals surface area contributed by atoms with E-state index in [-0.39, 0.29) is 24.0 Å². The first-order valence-corrected chi connectivity index (χ1v) is 10.7. The van der Waals surface area contributed by atoms with Gasteiger partial charge >= 0.3 is 0 Å². The highest BCUT2D eigenvalue weighted by molar-refractivity contribution is 14.0. The molecular weight excluding hydrogens is 515 g/mol. The first-order valence-electron chi connectivity index (χ1n) is 10.7. The summed E-state index contributed by atoms with van der Waals surface area (Å²) in [6.45, 7) is 5.21. The van der Waals surface area contributed by atoms with E-state index >= 15 is 0 Å². The molecule has 1 saturated heterocycles. The lowest BCUT2D eigenvalue weighted by molar-refractivity contribution is 0.371. The Bertz CT molecular complexity index is 981. The van der Waals surface area contributed by atoms with Crippen LogP contribution in [0.25, 0.3) is 0 Å². The molecule has 1 N–H and O–H groups in total. The van der Waals surface area contributed by atoms with Gasteiger partial charge in [0.05, 0.1) is 13.7 Å². The number of piperazine rings is 1. The first-order chi connectivity index (χ1) is 15.3. The summed E-state index contributed by atoms with van der Waals surface area (Å²) in [5, 5.41) is 3.49. The van der Waals surface area contributed by atoms with Crippen LogP contribution in [-0.4, -0.2) is 60.7 Å². The van der Waals surface area contributed by atoms with E-state index in [0.717, 1.165) is 50.3 Å². The fraction of sp³-hybridized carbons (Fsp3) is 0.333. The van der Waals surface area contributed by atoms with E-state index in [1.165, 1.54) is 11.3 Å². The van der Waals surface area contributed by atoms with Gasteiger partial charge < -0.3 is 24.4 Å². The molecule has 0 radical (unpaired) electrons. The van der Waals surface area contributed by atoms with E-state index in [9.17, 15) is 0 Å². The number of ether oxygens (including phenoxy) is 1. The molecule has 2 aromatic carbocycles. The van der Waals surface area contributed by atoms with Crippen molar-refractivity contribution in [2.75, 3.05) is 45.2 Å². The molecule has 32 heavy (non-hydrogen) atoms. The molecule has 0 spiro atoms. The van der Waals surface area contributed by atoms with Crippen LogP contribution in [0.1, 0.15) is 11.4 Å². The molecule has 0 unspecified atom stereocenters. The molecule has 0 bridgehead atoms. The van der Waals surface area contributed by atoms with Crippen molar-refractivity contribution in [1.29, 1.82) is 0 Å². The van der Waals surface area contributed by atoms with E-state index in [0.29, 0.717) is 6.54 Å². The number of methoxy groups -OCH3 is 1. The minimum atomic E-state index is 0. The Labute approximate surface area is 207 Å². The lowest BCUT2D eigenvalue weighted by Crippen LogP contribution is -2.52. The maximum absolute atomic E-state index is 5.26. The third kappa shape index (κ3) is 5.93. The number of nitrogens with zero attached hydrogens (tertiary/aromatic N) is 5. The Kier molecular flexibility index (Phi) is 8.78. The van der Waals surface area contributed by atoms with E-state index in [4.69, 9.17) is 4.74 Å². The number of halogens is 1. The van der Waals surface area contributed by atoms with Gasteiger partial charge in [0.15, 0.2) is 5.96 Å². The SMILES string of the molecule is CN=C(NCc1nccn1Cc1ccccc1)N1CCN(c2ccc(OC)cc2)CC1.I. The number of imidazole rings is 1. The Morgan fingerprint density at radius 3 is 2.41 bits per heavy atom. The maximum Gasteiger partial charge on any atom is 0.194 e. The molecule has 1 aliphatic heterocycles. The van der Waals surface area contributed by atoms with Gasteiger partial charge in [0.1, 0.15) is 11.6 Å². The van der Waals surface area contributed by atoms with Gasteiger partial charge in [0.25, 0.3) is 0 Å². The van der Waals surface area contributed by atoms with Crippen molar-refractivity contribution in [3.05, 3.63) is 78.4 Å². The lowest BCUT2D eigenvalue weighted by Gasteiger charge is -2.37. The number of aliphatic imine (C=N–C) groups is 1. The van der Waals surface area contributed by atoms with Crippen molar-refractivity contribution < 1.29 is 4.74 Å². The van der Waals surface area contributed by atoms with Gasteiger partial charge in [-0.3, -0.25) is 4.99 Å². The second-order valence-corrected chi connectivity index (χ2v) is 7.53. The molecule has 0 atom stereocenters. The number of hydrogen-bond donors (Lipinski definition) is 1. The average Bonchev–Trinajstić information content (AvgIpc) is 3.27. The van der Waals surface area contributed by atoms with E-state index in [1.54, 1.807) is 7.11 Å². The van der Waals surface area contributed by atoms with E-state index in [1.807, 2.05) is 37.6 Å². The normalized spacial score (nSPS) is 14.1. The zero-order valence-electron chi connectivity index (χ0n) is 18.6. The highest BCUT2D eigenvalue weighted by Crippen LogP contribution is 2.20. The molecule has 2 heterocycles. The Balaban J connectivity index is 0.00000289. The molecule has 3 aromatic rings. The van der Waals surface area contributed by atoms with Gasteiger partial charge in [-0.1, -0.05) is 30.3 Å². The Morgan fingerprint density at radius 2 is 1.75 bits per heavy atom. The minimum absolute atomic E-state index is 0. The number of anilines is 1. The van der Waals surface area contributed by atoms with Gasteiger partial charge in [-0.05, 0) is 29.8 Å². The van der Waals surface area contributed by atoms with Crippen molar-refractivity contribution in [1.82, 2.24) is 19.8 Å². The summed E-state index contributed by atoms with van der Waals surface area (Å²) in [5.41, 5.74) is 2.49. The third-order valence-corrected chi connectivity index (χ3v) is 5.63. The van der Waals surface area contributed by atoms with Gasteiger partial charge in [0, 0.05) is 57.9 Å². The average molecular weight is 546 g/mol. The van der Waals surface area contributed by atoms with E-state index in [2.05, 4.69) is 66.1 Å². The third-order valence-electron chi connectivity index (χ3n) is 5.63. The van der Waals surface area contributed by atoms with Crippen LogP contribution in [0.3, 0.4) is 0 Å². The Morgan fingerprint density at radius 1 is 1.03 bits per heavy atom. The predicted molar refractivity (Wildman–Crippen MR) is 140 cm³/mol. The molecule has 7 nitrogen and oxygen atoms in total. The van der Waals surface area contributed by atoms with Crippen molar-refractivity contribution in [3.63, 3.8) is 0 Å². The maximum atomic E-state index is 5.26. The molecule has 0 amide bonds. The molecule has 0 aliphatic carbocycles. The number of aromatic nitrogens is 2. The largest absolute Gasteiger partial charge is 0.497 e. The Hall–Kier alpha value is -2.75. The summed E-state index contributed by atoms with van der Waals surface area (Å²) in [6.07, 6.45) is 3.89. The summed E-state index contributed by atoms with van der Waals surface area (Å²) in [5.74, 6) is 2.81. The van der Waals surface area contributed by atoms with Gasteiger partial charge in [-0.25, -0.2) is 4.98 Å². The van der Waals surface area contributed by atoms with E-state index < -0.39 is 0 Å². The van der Waals surface area contributed by atoms with Crippen LogP contribution in [-0.2, 0) is 13.1 Å². The quantitative estimate of drug-likeness (QED) is 0.292.